The largest absolute Gasteiger partial charge is 0.393 e. The summed E-state index contributed by atoms with van der Waals surface area (Å²) in [7, 11) is 0. The minimum Gasteiger partial charge on any atom is -0.393 e. The number of H-pyrrole nitrogens is 2. The van der Waals surface area contributed by atoms with E-state index in [9.17, 15) is 14.7 Å². The number of hydrogen-bond acceptors (Lipinski definition) is 4. The molecule has 2 aromatic rings. The molecule has 0 aromatic carbocycles. The molecule has 7 heteroatoms. The number of hydrogen-bond donors (Lipinski definition) is 4. The van der Waals surface area contributed by atoms with Gasteiger partial charge in [-0.15, -0.1) is 0 Å². The lowest BCUT2D eigenvalue weighted by Crippen LogP contribution is -2.48. The number of aromatic amines is 2. The second kappa shape index (κ2) is 6.15. The highest BCUT2D eigenvalue weighted by Crippen LogP contribution is 2.31. The van der Waals surface area contributed by atoms with Crippen LogP contribution in [-0.2, 0) is 6.42 Å². The van der Waals surface area contributed by atoms with E-state index in [0.717, 1.165) is 5.56 Å². The van der Waals surface area contributed by atoms with Gasteiger partial charge in [-0.05, 0) is 42.9 Å². The van der Waals surface area contributed by atoms with Crippen LogP contribution < -0.4 is 11.0 Å². The topological polar surface area (TPSA) is 111 Å². The first kappa shape index (κ1) is 14.5. The first-order valence-electron chi connectivity index (χ1n) is 7.27. The van der Waals surface area contributed by atoms with Crippen LogP contribution in [0.4, 0.5) is 0 Å². The van der Waals surface area contributed by atoms with E-state index in [1.54, 1.807) is 12.4 Å². The molecule has 0 radical (unpaired) electrons. The van der Waals surface area contributed by atoms with Gasteiger partial charge in [-0.3, -0.25) is 9.78 Å². The second-order valence-corrected chi connectivity index (χ2v) is 5.68. The second-order valence-electron chi connectivity index (χ2n) is 5.68. The average Bonchev–Trinajstić information content (AvgIpc) is 2.91. The number of carbonyl (C=O) groups excluding carboxylic acids is 1. The Labute approximate surface area is 126 Å². The van der Waals surface area contributed by atoms with Crippen molar-refractivity contribution in [1.29, 1.82) is 0 Å². The molecule has 1 amide bonds. The van der Waals surface area contributed by atoms with Gasteiger partial charge in [-0.2, -0.15) is 0 Å². The van der Waals surface area contributed by atoms with Crippen LogP contribution in [0.15, 0.2) is 35.5 Å². The first-order valence-corrected chi connectivity index (χ1v) is 7.27. The number of carbonyl (C=O) groups is 1. The number of nitrogens with one attached hydrogen (secondary N) is 3. The quantitative estimate of drug-likeness (QED) is 0.632. The molecule has 2 aromatic heterocycles. The van der Waals surface area contributed by atoms with Crippen molar-refractivity contribution in [2.24, 2.45) is 5.92 Å². The number of amides is 1. The monoisotopic (exact) mass is 302 g/mol. The van der Waals surface area contributed by atoms with Gasteiger partial charge in [-0.25, -0.2) is 4.79 Å². The predicted octanol–water partition coefficient (Wildman–Crippen LogP) is 0.210. The summed E-state index contributed by atoms with van der Waals surface area (Å²) in [6, 6.07) is 3.73. The molecule has 2 heterocycles. The standard InChI is InChI=1S/C15H18N4O3/c20-11-6-10(7-11)12(5-9-1-3-16-4-2-9)18-14(21)13-8-17-15(22)19-13/h1-4,8,10-12,20H,5-7H2,(H,18,21)(H2,17,19,22)/t10?,11?,12-/m1/s1. The lowest BCUT2D eigenvalue weighted by Gasteiger charge is -2.38. The van der Waals surface area contributed by atoms with Crippen LogP contribution in [0.25, 0.3) is 0 Å². The molecule has 1 aliphatic carbocycles. The van der Waals surface area contributed by atoms with E-state index < -0.39 is 5.69 Å². The zero-order valence-electron chi connectivity index (χ0n) is 12.0. The number of aliphatic hydroxyl groups excluding tert-OH is 1. The van der Waals surface area contributed by atoms with E-state index in [1.807, 2.05) is 12.1 Å². The number of aliphatic hydroxyl groups is 1. The fraction of sp³-hybridized carbons (Fsp3) is 0.400. The van der Waals surface area contributed by atoms with Crippen molar-refractivity contribution in [3.63, 3.8) is 0 Å². The van der Waals surface area contributed by atoms with E-state index in [-0.39, 0.29) is 29.7 Å². The fourth-order valence-electron chi connectivity index (χ4n) is 2.77. The molecule has 0 aliphatic heterocycles. The van der Waals surface area contributed by atoms with Crippen LogP contribution in [0.3, 0.4) is 0 Å². The Bertz CT molecular complexity index is 688. The highest BCUT2D eigenvalue weighted by Gasteiger charge is 2.35. The molecular weight excluding hydrogens is 284 g/mol. The van der Waals surface area contributed by atoms with Gasteiger partial charge in [0.05, 0.1) is 6.10 Å². The Morgan fingerprint density at radius 3 is 2.73 bits per heavy atom. The zero-order valence-corrected chi connectivity index (χ0v) is 12.0. The molecule has 1 fully saturated rings. The lowest BCUT2D eigenvalue weighted by atomic mass is 9.75. The lowest BCUT2D eigenvalue weighted by molar-refractivity contribution is 0.0239. The van der Waals surface area contributed by atoms with Crippen LogP contribution in [0, 0.1) is 5.92 Å². The van der Waals surface area contributed by atoms with Crippen molar-refractivity contribution in [1.82, 2.24) is 20.3 Å². The van der Waals surface area contributed by atoms with Crippen molar-refractivity contribution < 1.29 is 9.90 Å². The fourth-order valence-corrected chi connectivity index (χ4v) is 2.77. The maximum Gasteiger partial charge on any atom is 0.323 e. The number of pyridine rings is 1. The van der Waals surface area contributed by atoms with Gasteiger partial charge in [0.2, 0.25) is 0 Å². The third kappa shape index (κ3) is 3.25. The Hall–Kier alpha value is -2.41. The molecule has 0 saturated heterocycles. The number of imidazole rings is 1. The molecular formula is C15H18N4O3. The molecule has 7 nitrogen and oxygen atoms in total. The van der Waals surface area contributed by atoms with Crippen molar-refractivity contribution in [2.75, 3.05) is 0 Å². The summed E-state index contributed by atoms with van der Waals surface area (Å²) in [6.45, 7) is 0. The van der Waals surface area contributed by atoms with Crippen LogP contribution in [-0.4, -0.2) is 38.1 Å². The van der Waals surface area contributed by atoms with E-state index in [1.165, 1.54) is 6.20 Å². The van der Waals surface area contributed by atoms with Gasteiger partial charge in [0.15, 0.2) is 0 Å². The Kier molecular flexibility index (Phi) is 4.06. The first-order chi connectivity index (χ1) is 10.6. The predicted molar refractivity (Wildman–Crippen MR) is 79.3 cm³/mol. The van der Waals surface area contributed by atoms with Gasteiger partial charge in [0.1, 0.15) is 5.69 Å². The van der Waals surface area contributed by atoms with E-state index in [0.29, 0.717) is 19.3 Å². The number of nitrogens with zero attached hydrogens (tertiary/aromatic N) is 1. The summed E-state index contributed by atoms with van der Waals surface area (Å²) < 4.78 is 0. The smallest absolute Gasteiger partial charge is 0.323 e. The Balaban J connectivity index is 1.71. The highest BCUT2D eigenvalue weighted by molar-refractivity contribution is 5.92. The normalized spacial score (nSPS) is 21.9. The average molecular weight is 302 g/mol. The summed E-state index contributed by atoms with van der Waals surface area (Å²) >= 11 is 0. The van der Waals surface area contributed by atoms with E-state index in [4.69, 9.17) is 0 Å². The van der Waals surface area contributed by atoms with Crippen LogP contribution >= 0.6 is 0 Å². The molecule has 1 atom stereocenters. The van der Waals surface area contributed by atoms with Crippen molar-refractivity contribution >= 4 is 5.91 Å². The van der Waals surface area contributed by atoms with Crippen molar-refractivity contribution in [3.05, 3.63) is 52.5 Å². The van der Waals surface area contributed by atoms with Gasteiger partial charge >= 0.3 is 5.69 Å². The maximum absolute atomic E-state index is 12.2. The van der Waals surface area contributed by atoms with Gasteiger partial charge in [0, 0.05) is 24.6 Å². The van der Waals surface area contributed by atoms with Crippen LogP contribution in [0.2, 0.25) is 0 Å². The molecule has 22 heavy (non-hydrogen) atoms. The van der Waals surface area contributed by atoms with Crippen molar-refractivity contribution in [3.8, 4) is 0 Å². The molecule has 1 saturated carbocycles. The SMILES string of the molecule is O=C(N[C@H](Cc1ccncc1)C1CC(O)C1)c1c[nH]c(=O)[nH]1. The van der Waals surface area contributed by atoms with E-state index in [2.05, 4.69) is 20.3 Å². The maximum atomic E-state index is 12.2. The Morgan fingerprint density at radius 1 is 1.41 bits per heavy atom. The molecule has 1 aliphatic rings. The minimum absolute atomic E-state index is 0.0864. The number of rotatable bonds is 5. The molecule has 0 spiro atoms. The zero-order chi connectivity index (χ0) is 15.5. The van der Waals surface area contributed by atoms with Crippen molar-refractivity contribution in [2.45, 2.75) is 31.4 Å². The summed E-state index contributed by atoms with van der Waals surface area (Å²) in [6.07, 6.45) is 6.53. The van der Waals surface area contributed by atoms with Gasteiger partial charge in [0.25, 0.3) is 5.91 Å². The molecule has 3 rings (SSSR count). The summed E-state index contributed by atoms with van der Waals surface area (Å²) in [5, 5.41) is 12.5. The molecule has 4 N–H and O–H groups in total. The van der Waals surface area contributed by atoms with Crippen LogP contribution in [0.1, 0.15) is 28.9 Å². The molecule has 0 unspecified atom stereocenters. The number of aromatic nitrogens is 3. The molecule has 116 valence electrons. The van der Waals surface area contributed by atoms with E-state index >= 15 is 0 Å². The van der Waals surface area contributed by atoms with Crippen LogP contribution in [0.5, 0.6) is 0 Å². The third-order valence-electron chi connectivity index (χ3n) is 4.08. The minimum atomic E-state index is -0.407. The van der Waals surface area contributed by atoms with Gasteiger partial charge in [-0.1, -0.05) is 0 Å². The van der Waals surface area contributed by atoms with Gasteiger partial charge < -0.3 is 20.4 Å². The molecule has 0 bridgehead atoms. The highest BCUT2D eigenvalue weighted by atomic mass is 16.3. The summed E-state index contributed by atoms with van der Waals surface area (Å²) in [5.74, 6) is -0.0865. The Morgan fingerprint density at radius 2 is 2.14 bits per heavy atom. The summed E-state index contributed by atoms with van der Waals surface area (Å²) in [5.41, 5.74) is 0.878. The third-order valence-corrected chi connectivity index (χ3v) is 4.08. The summed E-state index contributed by atoms with van der Waals surface area (Å²) in [4.78, 5) is 32.1.